The van der Waals surface area contributed by atoms with Crippen molar-refractivity contribution in [2.75, 3.05) is 18.5 Å². The van der Waals surface area contributed by atoms with E-state index >= 15 is 0 Å². The number of halogens is 3. The van der Waals surface area contributed by atoms with Crippen molar-refractivity contribution in [1.82, 2.24) is 4.98 Å². The zero-order valence-electron chi connectivity index (χ0n) is 9.12. The summed E-state index contributed by atoms with van der Waals surface area (Å²) in [6, 6.07) is 3.72. The number of pyridine rings is 1. The number of anilines is 1. The normalized spacial score (nSPS) is 10.8. The molecular formula is C11H10F3N3. The Morgan fingerprint density at radius 3 is 2.65 bits per heavy atom. The lowest BCUT2D eigenvalue weighted by molar-refractivity contribution is -0.141. The SMILES string of the molecule is C=CCN(C)c1nc(C(F)(F)F)ccc1C#N. The van der Waals surface area contributed by atoms with Crippen LogP contribution in [0.15, 0.2) is 24.8 Å². The molecule has 0 saturated heterocycles. The molecule has 0 aliphatic heterocycles. The minimum atomic E-state index is -4.52. The average Bonchev–Trinajstić information content (AvgIpc) is 2.27. The van der Waals surface area contributed by atoms with Crippen LogP contribution < -0.4 is 4.90 Å². The van der Waals surface area contributed by atoms with Gasteiger partial charge in [-0.15, -0.1) is 6.58 Å². The minimum Gasteiger partial charge on any atom is -0.355 e. The topological polar surface area (TPSA) is 39.9 Å². The average molecular weight is 241 g/mol. The maximum Gasteiger partial charge on any atom is 0.433 e. The fourth-order valence-corrected chi connectivity index (χ4v) is 1.26. The molecule has 0 atom stereocenters. The van der Waals surface area contributed by atoms with Gasteiger partial charge in [0.25, 0.3) is 0 Å². The predicted octanol–water partition coefficient (Wildman–Crippen LogP) is 2.59. The fourth-order valence-electron chi connectivity index (χ4n) is 1.26. The van der Waals surface area contributed by atoms with Gasteiger partial charge in [0.05, 0.1) is 5.56 Å². The van der Waals surface area contributed by atoms with Crippen LogP contribution in [0.2, 0.25) is 0 Å². The monoisotopic (exact) mass is 241 g/mol. The Bertz CT molecular complexity index is 460. The molecule has 0 aliphatic carbocycles. The number of nitriles is 1. The van der Waals surface area contributed by atoms with Crippen LogP contribution >= 0.6 is 0 Å². The van der Waals surface area contributed by atoms with Crippen LogP contribution in [-0.4, -0.2) is 18.6 Å². The molecule has 1 aromatic rings. The summed E-state index contributed by atoms with van der Waals surface area (Å²) in [5, 5.41) is 8.81. The summed E-state index contributed by atoms with van der Waals surface area (Å²) in [5.41, 5.74) is -0.912. The van der Waals surface area contributed by atoms with Gasteiger partial charge in [-0.1, -0.05) is 6.08 Å². The number of rotatable bonds is 3. The first-order valence-electron chi connectivity index (χ1n) is 4.70. The highest BCUT2D eigenvalue weighted by Crippen LogP contribution is 2.30. The molecule has 0 radical (unpaired) electrons. The Balaban J connectivity index is 3.25. The second kappa shape index (κ2) is 4.87. The molecule has 0 aliphatic rings. The zero-order valence-corrected chi connectivity index (χ0v) is 9.12. The van der Waals surface area contributed by atoms with Crippen molar-refractivity contribution in [2.24, 2.45) is 0 Å². The van der Waals surface area contributed by atoms with Crippen molar-refractivity contribution in [3.63, 3.8) is 0 Å². The van der Waals surface area contributed by atoms with E-state index in [9.17, 15) is 13.2 Å². The van der Waals surface area contributed by atoms with Gasteiger partial charge in [0, 0.05) is 13.6 Å². The highest BCUT2D eigenvalue weighted by molar-refractivity contribution is 5.54. The van der Waals surface area contributed by atoms with Gasteiger partial charge in [-0.05, 0) is 12.1 Å². The van der Waals surface area contributed by atoms with E-state index in [1.807, 2.05) is 6.07 Å². The van der Waals surface area contributed by atoms with Gasteiger partial charge < -0.3 is 4.90 Å². The number of nitrogens with zero attached hydrogens (tertiary/aromatic N) is 3. The maximum atomic E-state index is 12.5. The summed E-state index contributed by atoms with van der Waals surface area (Å²) < 4.78 is 37.4. The molecular weight excluding hydrogens is 231 g/mol. The van der Waals surface area contributed by atoms with Crippen molar-refractivity contribution in [2.45, 2.75) is 6.18 Å². The second-order valence-corrected chi connectivity index (χ2v) is 3.35. The van der Waals surface area contributed by atoms with E-state index < -0.39 is 11.9 Å². The summed E-state index contributed by atoms with van der Waals surface area (Å²) in [4.78, 5) is 4.90. The van der Waals surface area contributed by atoms with Gasteiger partial charge in [0.15, 0.2) is 0 Å². The van der Waals surface area contributed by atoms with Crippen LogP contribution in [0.4, 0.5) is 19.0 Å². The number of hydrogen-bond acceptors (Lipinski definition) is 3. The predicted molar refractivity (Wildman–Crippen MR) is 57.4 cm³/mol. The van der Waals surface area contributed by atoms with Crippen molar-refractivity contribution >= 4 is 5.82 Å². The van der Waals surface area contributed by atoms with Crippen LogP contribution in [0.5, 0.6) is 0 Å². The molecule has 0 unspecified atom stereocenters. The Hall–Kier alpha value is -2.03. The number of aromatic nitrogens is 1. The summed E-state index contributed by atoms with van der Waals surface area (Å²) in [7, 11) is 1.55. The lowest BCUT2D eigenvalue weighted by atomic mass is 10.2. The molecule has 90 valence electrons. The van der Waals surface area contributed by atoms with Gasteiger partial charge in [-0.25, -0.2) is 4.98 Å². The summed E-state index contributed by atoms with van der Waals surface area (Å²) in [6.45, 7) is 3.79. The van der Waals surface area contributed by atoms with E-state index in [4.69, 9.17) is 5.26 Å². The Morgan fingerprint density at radius 2 is 2.18 bits per heavy atom. The van der Waals surface area contributed by atoms with Crippen LogP contribution in [0, 0.1) is 11.3 Å². The second-order valence-electron chi connectivity index (χ2n) is 3.35. The van der Waals surface area contributed by atoms with E-state index in [0.29, 0.717) is 6.54 Å². The fraction of sp³-hybridized carbons (Fsp3) is 0.273. The third-order valence-electron chi connectivity index (χ3n) is 2.05. The summed E-state index contributed by atoms with van der Waals surface area (Å²) in [6.07, 6.45) is -3.00. The largest absolute Gasteiger partial charge is 0.433 e. The minimum absolute atomic E-state index is 0.00206. The zero-order chi connectivity index (χ0) is 13.1. The molecule has 0 bridgehead atoms. The van der Waals surface area contributed by atoms with Gasteiger partial charge >= 0.3 is 6.18 Å². The first kappa shape index (κ1) is 13.0. The van der Waals surface area contributed by atoms with Crippen LogP contribution in [0.25, 0.3) is 0 Å². The number of alkyl halides is 3. The molecule has 3 nitrogen and oxygen atoms in total. The molecule has 0 N–H and O–H groups in total. The highest BCUT2D eigenvalue weighted by atomic mass is 19.4. The van der Waals surface area contributed by atoms with Crippen LogP contribution in [0.1, 0.15) is 11.3 Å². The lowest BCUT2D eigenvalue weighted by Crippen LogP contribution is -2.21. The highest BCUT2D eigenvalue weighted by Gasteiger charge is 2.33. The Morgan fingerprint density at radius 1 is 1.53 bits per heavy atom. The standard InChI is InChI=1S/C11H10F3N3/c1-3-6-17(2)10-8(7-15)4-5-9(16-10)11(12,13)14/h3-5H,1,6H2,2H3. The van der Waals surface area contributed by atoms with E-state index in [1.54, 1.807) is 7.05 Å². The van der Waals surface area contributed by atoms with Crippen molar-refractivity contribution in [3.8, 4) is 6.07 Å². The molecule has 1 aromatic heterocycles. The molecule has 1 rings (SSSR count). The van der Waals surface area contributed by atoms with Gasteiger partial charge in [0.2, 0.25) is 0 Å². The first-order chi connectivity index (χ1) is 7.90. The molecule has 17 heavy (non-hydrogen) atoms. The van der Waals surface area contributed by atoms with Crippen molar-refractivity contribution in [1.29, 1.82) is 5.26 Å². The van der Waals surface area contributed by atoms with Crippen molar-refractivity contribution in [3.05, 3.63) is 36.0 Å². The number of hydrogen-bond donors (Lipinski definition) is 0. The van der Waals surface area contributed by atoms with Gasteiger partial charge in [-0.2, -0.15) is 18.4 Å². The third-order valence-corrected chi connectivity index (χ3v) is 2.05. The molecule has 0 fully saturated rings. The van der Waals surface area contributed by atoms with Crippen LogP contribution in [0.3, 0.4) is 0 Å². The number of likely N-dealkylation sites (N-methyl/N-ethyl adjacent to an activating group) is 1. The van der Waals surface area contributed by atoms with Gasteiger partial charge in [0.1, 0.15) is 17.6 Å². The third kappa shape index (κ3) is 2.97. The van der Waals surface area contributed by atoms with E-state index in [2.05, 4.69) is 11.6 Å². The smallest absolute Gasteiger partial charge is 0.355 e. The summed E-state index contributed by atoms with van der Waals surface area (Å²) >= 11 is 0. The maximum absolute atomic E-state index is 12.5. The molecule has 6 heteroatoms. The molecule has 0 aromatic carbocycles. The molecule has 0 amide bonds. The van der Waals surface area contributed by atoms with E-state index in [1.165, 1.54) is 11.0 Å². The van der Waals surface area contributed by atoms with Crippen LogP contribution in [-0.2, 0) is 6.18 Å². The molecule has 0 saturated carbocycles. The van der Waals surface area contributed by atoms with E-state index in [-0.39, 0.29) is 11.4 Å². The van der Waals surface area contributed by atoms with Gasteiger partial charge in [-0.3, -0.25) is 0 Å². The van der Waals surface area contributed by atoms with E-state index in [0.717, 1.165) is 12.1 Å². The quantitative estimate of drug-likeness (QED) is 0.763. The molecule has 1 heterocycles. The Kier molecular flexibility index (Phi) is 3.73. The van der Waals surface area contributed by atoms with Crippen molar-refractivity contribution < 1.29 is 13.2 Å². The first-order valence-corrected chi connectivity index (χ1v) is 4.70. The Labute approximate surface area is 96.8 Å². The summed E-state index contributed by atoms with van der Waals surface area (Å²) in [5.74, 6) is 0.00206. The lowest BCUT2D eigenvalue weighted by Gasteiger charge is -2.18. The molecule has 0 spiro atoms.